The Morgan fingerprint density at radius 2 is 1.88 bits per heavy atom. The molecule has 0 bridgehead atoms. The van der Waals surface area contributed by atoms with E-state index in [9.17, 15) is 4.79 Å². The van der Waals surface area contributed by atoms with Crippen LogP contribution in [0.4, 0.5) is 0 Å². The summed E-state index contributed by atoms with van der Waals surface area (Å²) < 4.78 is 7.51. The van der Waals surface area contributed by atoms with E-state index in [1.807, 2.05) is 11.1 Å². The van der Waals surface area contributed by atoms with Crippen LogP contribution in [-0.2, 0) is 0 Å². The fourth-order valence-electron chi connectivity index (χ4n) is 4.05. The SMILES string of the molecule is COc1ccc(C(=O)N2CCC(n3c(C)cnc3C3CCC3)CC2)cn1. The molecule has 1 amide bonds. The molecule has 138 valence electrons. The zero-order valence-corrected chi connectivity index (χ0v) is 15.5. The molecule has 26 heavy (non-hydrogen) atoms. The number of nitrogens with zero attached hydrogens (tertiary/aromatic N) is 4. The minimum Gasteiger partial charge on any atom is -0.481 e. The first kappa shape index (κ1) is 17.1. The third-order valence-corrected chi connectivity index (χ3v) is 5.79. The van der Waals surface area contributed by atoms with E-state index in [-0.39, 0.29) is 5.91 Å². The average Bonchev–Trinajstić information content (AvgIpc) is 3.01. The van der Waals surface area contributed by atoms with Crippen LogP contribution in [0.15, 0.2) is 24.5 Å². The normalized spacial score (nSPS) is 18.6. The summed E-state index contributed by atoms with van der Waals surface area (Å²) >= 11 is 0. The lowest BCUT2D eigenvalue weighted by molar-refractivity contribution is 0.0691. The van der Waals surface area contributed by atoms with Gasteiger partial charge in [0, 0.05) is 49.2 Å². The molecule has 1 aliphatic heterocycles. The van der Waals surface area contributed by atoms with Crippen LogP contribution in [0.5, 0.6) is 5.88 Å². The smallest absolute Gasteiger partial charge is 0.255 e. The van der Waals surface area contributed by atoms with E-state index in [0.717, 1.165) is 25.9 Å². The van der Waals surface area contributed by atoms with Gasteiger partial charge in [0.1, 0.15) is 5.82 Å². The lowest BCUT2D eigenvalue weighted by Crippen LogP contribution is -2.39. The molecule has 6 heteroatoms. The second kappa shape index (κ2) is 7.09. The van der Waals surface area contributed by atoms with Crippen molar-refractivity contribution in [1.82, 2.24) is 19.4 Å². The summed E-state index contributed by atoms with van der Waals surface area (Å²) in [6.45, 7) is 3.70. The van der Waals surface area contributed by atoms with Crippen LogP contribution in [0.25, 0.3) is 0 Å². The minimum atomic E-state index is 0.0557. The maximum Gasteiger partial charge on any atom is 0.255 e. The maximum absolute atomic E-state index is 12.7. The van der Waals surface area contributed by atoms with Crippen LogP contribution in [0, 0.1) is 6.92 Å². The van der Waals surface area contributed by atoms with Crippen LogP contribution < -0.4 is 4.74 Å². The quantitative estimate of drug-likeness (QED) is 0.845. The summed E-state index contributed by atoms with van der Waals surface area (Å²) in [5.41, 5.74) is 1.87. The van der Waals surface area contributed by atoms with Gasteiger partial charge in [-0.25, -0.2) is 9.97 Å². The highest BCUT2D eigenvalue weighted by Gasteiger charge is 2.30. The van der Waals surface area contributed by atoms with E-state index in [4.69, 9.17) is 9.72 Å². The van der Waals surface area contributed by atoms with Crippen molar-refractivity contribution in [2.24, 2.45) is 0 Å². The molecule has 0 spiro atoms. The van der Waals surface area contributed by atoms with Gasteiger partial charge in [0.2, 0.25) is 5.88 Å². The zero-order valence-electron chi connectivity index (χ0n) is 15.5. The summed E-state index contributed by atoms with van der Waals surface area (Å²) in [5.74, 6) is 2.48. The number of carbonyl (C=O) groups is 1. The van der Waals surface area contributed by atoms with Crippen LogP contribution >= 0.6 is 0 Å². The van der Waals surface area contributed by atoms with Gasteiger partial charge in [-0.1, -0.05) is 6.42 Å². The molecule has 0 radical (unpaired) electrons. The van der Waals surface area contributed by atoms with Crippen molar-refractivity contribution in [2.45, 2.75) is 51.0 Å². The Morgan fingerprint density at radius 1 is 1.12 bits per heavy atom. The lowest BCUT2D eigenvalue weighted by atomic mass is 9.84. The number of amides is 1. The Bertz CT molecular complexity index is 772. The van der Waals surface area contributed by atoms with Crippen molar-refractivity contribution in [2.75, 3.05) is 20.2 Å². The Hall–Kier alpha value is -2.37. The van der Waals surface area contributed by atoms with Crippen molar-refractivity contribution in [3.63, 3.8) is 0 Å². The number of aryl methyl sites for hydroxylation is 1. The molecule has 0 atom stereocenters. The van der Waals surface area contributed by atoms with E-state index in [1.165, 1.54) is 30.8 Å². The lowest BCUT2D eigenvalue weighted by Gasteiger charge is -2.35. The molecule has 0 aromatic carbocycles. The molecule has 4 rings (SSSR count). The molecule has 0 unspecified atom stereocenters. The van der Waals surface area contributed by atoms with E-state index in [1.54, 1.807) is 25.4 Å². The summed E-state index contributed by atoms with van der Waals surface area (Å²) in [4.78, 5) is 23.5. The predicted octanol–water partition coefficient (Wildman–Crippen LogP) is 3.34. The van der Waals surface area contributed by atoms with Crippen molar-refractivity contribution < 1.29 is 9.53 Å². The molecule has 6 nitrogen and oxygen atoms in total. The van der Waals surface area contributed by atoms with Gasteiger partial charge in [0.25, 0.3) is 5.91 Å². The summed E-state index contributed by atoms with van der Waals surface area (Å²) in [7, 11) is 1.57. The standard InChI is InChI=1S/C20H26N4O2/c1-14-12-22-19(15-4-3-5-15)24(14)17-8-10-23(11-9-17)20(25)16-6-7-18(26-2)21-13-16/h6-7,12-13,15,17H,3-5,8-11H2,1-2H3. The first-order valence-corrected chi connectivity index (χ1v) is 9.50. The summed E-state index contributed by atoms with van der Waals surface area (Å²) in [5, 5.41) is 0. The molecule has 3 heterocycles. The number of likely N-dealkylation sites (tertiary alicyclic amines) is 1. The average molecular weight is 354 g/mol. The fourth-order valence-corrected chi connectivity index (χ4v) is 4.05. The van der Waals surface area contributed by atoms with Gasteiger partial charge in [-0.3, -0.25) is 4.79 Å². The van der Waals surface area contributed by atoms with Gasteiger partial charge in [-0.2, -0.15) is 0 Å². The highest BCUT2D eigenvalue weighted by Crippen LogP contribution is 2.38. The number of piperidine rings is 1. The number of hydrogen-bond acceptors (Lipinski definition) is 4. The minimum absolute atomic E-state index is 0.0557. The number of hydrogen-bond donors (Lipinski definition) is 0. The second-order valence-corrected chi connectivity index (χ2v) is 7.37. The van der Waals surface area contributed by atoms with Gasteiger partial charge >= 0.3 is 0 Å². The van der Waals surface area contributed by atoms with Crippen molar-refractivity contribution >= 4 is 5.91 Å². The highest BCUT2D eigenvalue weighted by molar-refractivity contribution is 5.94. The van der Waals surface area contributed by atoms with E-state index in [0.29, 0.717) is 23.4 Å². The molecular formula is C20H26N4O2. The number of rotatable bonds is 4. The molecule has 2 fully saturated rings. The summed E-state index contributed by atoms with van der Waals surface area (Å²) in [6, 6.07) is 3.97. The number of carbonyl (C=O) groups excluding carboxylic acids is 1. The van der Waals surface area contributed by atoms with Gasteiger partial charge in [0.05, 0.1) is 12.7 Å². The third-order valence-electron chi connectivity index (χ3n) is 5.79. The monoisotopic (exact) mass is 354 g/mol. The van der Waals surface area contributed by atoms with Gasteiger partial charge < -0.3 is 14.2 Å². The number of pyridine rings is 1. The largest absolute Gasteiger partial charge is 0.481 e. The molecule has 0 N–H and O–H groups in total. The molecular weight excluding hydrogens is 328 g/mol. The Balaban J connectivity index is 1.42. The molecule has 1 saturated heterocycles. The predicted molar refractivity (Wildman–Crippen MR) is 98.5 cm³/mol. The van der Waals surface area contributed by atoms with Crippen molar-refractivity contribution in [1.29, 1.82) is 0 Å². The number of imidazole rings is 1. The van der Waals surface area contributed by atoms with E-state index >= 15 is 0 Å². The highest BCUT2D eigenvalue weighted by atomic mass is 16.5. The van der Waals surface area contributed by atoms with E-state index < -0.39 is 0 Å². The zero-order chi connectivity index (χ0) is 18.1. The van der Waals surface area contributed by atoms with Crippen LogP contribution in [-0.4, -0.2) is 45.5 Å². The molecule has 2 aromatic rings. The maximum atomic E-state index is 12.7. The topological polar surface area (TPSA) is 60.2 Å². The second-order valence-electron chi connectivity index (χ2n) is 7.37. The molecule has 1 aliphatic carbocycles. The Labute approximate surface area is 154 Å². The van der Waals surface area contributed by atoms with Crippen molar-refractivity contribution in [3.8, 4) is 5.88 Å². The fraction of sp³-hybridized carbons (Fsp3) is 0.550. The molecule has 2 aliphatic rings. The first-order valence-electron chi connectivity index (χ1n) is 9.50. The molecule has 2 aromatic heterocycles. The number of methoxy groups -OCH3 is 1. The number of ether oxygens (including phenoxy) is 1. The van der Waals surface area contributed by atoms with Gasteiger partial charge in [-0.05, 0) is 38.7 Å². The number of aromatic nitrogens is 3. The first-order chi connectivity index (χ1) is 12.7. The van der Waals surface area contributed by atoms with Crippen LogP contribution in [0.2, 0.25) is 0 Å². The van der Waals surface area contributed by atoms with Gasteiger partial charge in [-0.15, -0.1) is 0 Å². The van der Waals surface area contributed by atoms with E-state index in [2.05, 4.69) is 16.5 Å². The summed E-state index contributed by atoms with van der Waals surface area (Å²) in [6.07, 6.45) is 9.41. The van der Waals surface area contributed by atoms with Crippen molar-refractivity contribution in [3.05, 3.63) is 41.6 Å². The Morgan fingerprint density at radius 3 is 2.46 bits per heavy atom. The molecule has 1 saturated carbocycles. The third kappa shape index (κ3) is 3.08. The van der Waals surface area contributed by atoms with Gasteiger partial charge in [0.15, 0.2) is 0 Å². The van der Waals surface area contributed by atoms with Crippen LogP contribution in [0.3, 0.4) is 0 Å². The van der Waals surface area contributed by atoms with Crippen LogP contribution in [0.1, 0.15) is 65.9 Å². The Kier molecular flexibility index (Phi) is 4.66.